The fourth-order valence-electron chi connectivity index (χ4n) is 1.06. The molecule has 1 aromatic rings. The molecule has 0 aliphatic heterocycles. The molecule has 82 valence electrons. The second kappa shape index (κ2) is 4.10. The Balaban J connectivity index is 3.34. The molecule has 1 aromatic carbocycles. The van der Waals surface area contributed by atoms with E-state index >= 15 is 0 Å². The second-order valence-corrected chi connectivity index (χ2v) is 3.03. The van der Waals surface area contributed by atoms with Gasteiger partial charge in [-0.3, -0.25) is 4.79 Å². The summed E-state index contributed by atoms with van der Waals surface area (Å²) in [4.78, 5) is 10.8. The molecule has 1 rings (SSSR count). The van der Waals surface area contributed by atoms with E-state index in [2.05, 4.69) is 0 Å². The van der Waals surface area contributed by atoms with Crippen molar-refractivity contribution in [3.05, 3.63) is 29.3 Å². The number of alkyl halides is 3. The molecule has 0 heterocycles. The van der Waals surface area contributed by atoms with E-state index in [1.165, 1.54) is 7.11 Å². The van der Waals surface area contributed by atoms with E-state index in [1.807, 2.05) is 0 Å². The Morgan fingerprint density at radius 2 is 2.00 bits per heavy atom. The third kappa shape index (κ3) is 2.62. The average Bonchev–Trinajstić information content (AvgIpc) is 2.15. The maximum absolute atomic E-state index is 12.4. The fraction of sp³-hybridized carbons (Fsp3) is 0.222. The van der Waals surface area contributed by atoms with Gasteiger partial charge >= 0.3 is 6.18 Å². The van der Waals surface area contributed by atoms with Crippen LogP contribution in [0.3, 0.4) is 0 Å². The highest BCUT2D eigenvalue weighted by Gasteiger charge is 2.35. The van der Waals surface area contributed by atoms with Crippen molar-refractivity contribution in [1.82, 2.24) is 0 Å². The molecule has 0 amide bonds. The number of hydrogen-bond acceptors (Lipinski definition) is 2. The van der Waals surface area contributed by atoms with Crippen molar-refractivity contribution in [2.75, 3.05) is 7.11 Å². The summed E-state index contributed by atoms with van der Waals surface area (Å²) in [6, 6.07) is 2.83. The van der Waals surface area contributed by atoms with Gasteiger partial charge in [0.15, 0.2) is 0 Å². The number of benzene rings is 1. The van der Waals surface area contributed by atoms with Crippen LogP contribution in [0.5, 0.6) is 5.75 Å². The van der Waals surface area contributed by atoms with Crippen molar-refractivity contribution in [3.63, 3.8) is 0 Å². The molecule has 0 fully saturated rings. The second-order valence-electron chi connectivity index (χ2n) is 2.68. The standard InChI is InChI=1S/C9H6ClF3O2/c1-15-5-2-3-7(9(11,12)13)6(4-5)8(10)14/h2-4H,1H3. The van der Waals surface area contributed by atoms with Gasteiger partial charge in [0.2, 0.25) is 0 Å². The van der Waals surface area contributed by atoms with Crippen LogP contribution in [0.25, 0.3) is 0 Å². The lowest BCUT2D eigenvalue weighted by atomic mass is 10.1. The van der Waals surface area contributed by atoms with E-state index in [0.717, 1.165) is 18.2 Å². The highest BCUT2D eigenvalue weighted by atomic mass is 35.5. The molecule has 0 bridgehead atoms. The molecule has 0 saturated carbocycles. The third-order valence-corrected chi connectivity index (χ3v) is 1.95. The number of hydrogen-bond donors (Lipinski definition) is 0. The van der Waals surface area contributed by atoms with Crippen molar-refractivity contribution in [1.29, 1.82) is 0 Å². The topological polar surface area (TPSA) is 26.3 Å². The monoisotopic (exact) mass is 238 g/mol. The predicted molar refractivity (Wildman–Crippen MR) is 48.2 cm³/mol. The van der Waals surface area contributed by atoms with Crippen molar-refractivity contribution < 1.29 is 22.7 Å². The fourth-order valence-corrected chi connectivity index (χ4v) is 1.22. The number of carbonyl (C=O) groups is 1. The van der Waals surface area contributed by atoms with Gasteiger partial charge in [-0.1, -0.05) is 0 Å². The Hall–Kier alpha value is -1.23. The van der Waals surface area contributed by atoms with E-state index in [9.17, 15) is 18.0 Å². The summed E-state index contributed by atoms with van der Waals surface area (Å²) >= 11 is 5.05. The Labute approximate surface area is 88.6 Å². The Bertz CT molecular complexity index is 387. The van der Waals surface area contributed by atoms with Gasteiger partial charge in [-0.05, 0) is 29.8 Å². The summed E-state index contributed by atoms with van der Waals surface area (Å²) in [5, 5.41) is -1.17. The van der Waals surface area contributed by atoms with Crippen molar-refractivity contribution in [2.45, 2.75) is 6.18 Å². The molecular formula is C9H6ClF3O2. The van der Waals surface area contributed by atoms with Crippen LogP contribution in [0, 0.1) is 0 Å². The number of ether oxygens (including phenoxy) is 1. The van der Waals surface area contributed by atoms with Gasteiger partial charge < -0.3 is 4.74 Å². The van der Waals surface area contributed by atoms with Crippen molar-refractivity contribution in [3.8, 4) is 5.75 Å². The number of carbonyl (C=O) groups excluding carboxylic acids is 1. The summed E-state index contributed by atoms with van der Waals surface area (Å²) in [6.07, 6.45) is -4.61. The molecule has 0 unspecified atom stereocenters. The lowest BCUT2D eigenvalue weighted by Gasteiger charge is -2.11. The Morgan fingerprint density at radius 1 is 1.40 bits per heavy atom. The molecule has 0 aliphatic carbocycles. The molecule has 6 heteroatoms. The van der Waals surface area contributed by atoms with Gasteiger partial charge in [0, 0.05) is 5.56 Å². The predicted octanol–water partition coefficient (Wildman–Crippen LogP) is 3.09. The first-order chi connectivity index (χ1) is 6.86. The molecule has 0 aromatic heterocycles. The van der Waals surface area contributed by atoms with Crippen LogP contribution in [0.2, 0.25) is 0 Å². The zero-order valence-electron chi connectivity index (χ0n) is 7.56. The highest BCUT2D eigenvalue weighted by molar-refractivity contribution is 6.68. The largest absolute Gasteiger partial charge is 0.497 e. The minimum atomic E-state index is -4.61. The quantitative estimate of drug-likeness (QED) is 0.740. The molecule has 0 N–H and O–H groups in total. The summed E-state index contributed by atoms with van der Waals surface area (Å²) < 4.78 is 41.9. The first-order valence-corrected chi connectivity index (χ1v) is 4.19. The van der Waals surface area contributed by atoms with Gasteiger partial charge in [-0.2, -0.15) is 13.2 Å². The van der Waals surface area contributed by atoms with Crippen LogP contribution in [0.15, 0.2) is 18.2 Å². The SMILES string of the molecule is COc1ccc(C(F)(F)F)c(C(=O)Cl)c1. The first kappa shape index (κ1) is 11.8. The van der Waals surface area contributed by atoms with E-state index in [1.54, 1.807) is 0 Å². The van der Waals surface area contributed by atoms with Gasteiger partial charge in [-0.25, -0.2) is 0 Å². The molecular weight excluding hydrogens is 233 g/mol. The normalized spacial score (nSPS) is 11.3. The summed E-state index contributed by atoms with van der Waals surface area (Å²) in [5.74, 6) is 0.145. The van der Waals surface area contributed by atoms with Crippen LogP contribution in [-0.4, -0.2) is 12.4 Å². The van der Waals surface area contributed by atoms with Crippen LogP contribution < -0.4 is 4.74 Å². The molecule has 0 atom stereocenters. The van der Waals surface area contributed by atoms with Gasteiger partial charge in [0.05, 0.1) is 12.7 Å². The van der Waals surface area contributed by atoms with E-state index < -0.39 is 22.5 Å². The number of methoxy groups -OCH3 is 1. The van der Waals surface area contributed by atoms with Crippen LogP contribution in [0.1, 0.15) is 15.9 Å². The Kier molecular flexibility index (Phi) is 3.24. The molecule has 2 nitrogen and oxygen atoms in total. The summed E-state index contributed by atoms with van der Waals surface area (Å²) in [5.41, 5.74) is -1.67. The lowest BCUT2D eigenvalue weighted by Crippen LogP contribution is -2.10. The minimum absolute atomic E-state index is 0.145. The van der Waals surface area contributed by atoms with Crippen LogP contribution >= 0.6 is 11.6 Å². The smallest absolute Gasteiger partial charge is 0.417 e. The molecule has 0 radical (unpaired) electrons. The zero-order valence-corrected chi connectivity index (χ0v) is 8.32. The highest BCUT2D eigenvalue weighted by Crippen LogP contribution is 2.34. The van der Waals surface area contributed by atoms with E-state index in [4.69, 9.17) is 16.3 Å². The van der Waals surface area contributed by atoms with Crippen LogP contribution in [-0.2, 0) is 6.18 Å². The first-order valence-electron chi connectivity index (χ1n) is 3.81. The number of halogens is 4. The molecule has 0 spiro atoms. The maximum atomic E-state index is 12.4. The van der Waals surface area contributed by atoms with Gasteiger partial charge in [0.1, 0.15) is 5.75 Å². The van der Waals surface area contributed by atoms with Gasteiger partial charge in [-0.15, -0.1) is 0 Å². The van der Waals surface area contributed by atoms with E-state index in [-0.39, 0.29) is 5.75 Å². The summed E-state index contributed by atoms with van der Waals surface area (Å²) in [7, 11) is 1.28. The number of rotatable bonds is 2. The molecule has 0 aliphatic rings. The minimum Gasteiger partial charge on any atom is -0.497 e. The third-order valence-electron chi connectivity index (χ3n) is 1.74. The maximum Gasteiger partial charge on any atom is 0.417 e. The zero-order chi connectivity index (χ0) is 11.6. The van der Waals surface area contributed by atoms with Crippen molar-refractivity contribution in [2.24, 2.45) is 0 Å². The Morgan fingerprint density at radius 3 is 2.40 bits per heavy atom. The van der Waals surface area contributed by atoms with E-state index in [0.29, 0.717) is 0 Å². The molecule has 0 saturated heterocycles. The molecule has 15 heavy (non-hydrogen) atoms. The van der Waals surface area contributed by atoms with Gasteiger partial charge in [0.25, 0.3) is 5.24 Å². The summed E-state index contributed by atoms with van der Waals surface area (Å²) in [6.45, 7) is 0. The van der Waals surface area contributed by atoms with Crippen molar-refractivity contribution >= 4 is 16.8 Å². The van der Waals surface area contributed by atoms with Crippen LogP contribution in [0.4, 0.5) is 13.2 Å². The average molecular weight is 239 g/mol. The lowest BCUT2D eigenvalue weighted by molar-refractivity contribution is -0.137.